The number of rotatable bonds is 7. The lowest BCUT2D eigenvalue weighted by Crippen LogP contribution is -2.37. The first kappa shape index (κ1) is 22.0. The largest absolute Gasteiger partial charge is 0.396 e. The van der Waals surface area contributed by atoms with Gasteiger partial charge in [-0.25, -0.2) is 9.97 Å². The zero-order chi connectivity index (χ0) is 21.7. The van der Waals surface area contributed by atoms with Crippen molar-refractivity contribution >= 4 is 28.5 Å². The van der Waals surface area contributed by atoms with E-state index in [0.717, 1.165) is 42.1 Å². The van der Waals surface area contributed by atoms with Crippen LogP contribution in [0.4, 0.5) is 5.82 Å². The van der Waals surface area contributed by atoms with Crippen molar-refractivity contribution in [2.45, 2.75) is 71.0 Å². The van der Waals surface area contributed by atoms with Gasteiger partial charge in [0, 0.05) is 23.9 Å². The van der Waals surface area contributed by atoms with Crippen molar-refractivity contribution in [3.63, 3.8) is 0 Å². The van der Waals surface area contributed by atoms with Gasteiger partial charge in [0.1, 0.15) is 5.82 Å². The summed E-state index contributed by atoms with van der Waals surface area (Å²) in [6, 6.07) is 5.98. The average Bonchev–Trinajstić information content (AvgIpc) is 2.69. The third kappa shape index (κ3) is 5.44. The van der Waals surface area contributed by atoms with E-state index in [-0.39, 0.29) is 36.5 Å². The predicted molar refractivity (Wildman–Crippen MR) is 120 cm³/mol. The van der Waals surface area contributed by atoms with Gasteiger partial charge in [-0.3, -0.25) is 9.79 Å². The minimum Gasteiger partial charge on any atom is -0.396 e. The van der Waals surface area contributed by atoms with Gasteiger partial charge in [0.15, 0.2) is 0 Å². The summed E-state index contributed by atoms with van der Waals surface area (Å²) in [4.78, 5) is 26.3. The molecule has 0 bridgehead atoms. The number of hydrogen-bond donors (Lipinski definition) is 4. The van der Waals surface area contributed by atoms with Crippen molar-refractivity contribution in [3.8, 4) is 0 Å². The van der Waals surface area contributed by atoms with Gasteiger partial charge in [0.05, 0.1) is 24.0 Å². The normalized spacial score (nSPS) is 19.8. The highest BCUT2D eigenvalue weighted by molar-refractivity contribution is 5.96. The highest BCUT2D eigenvalue weighted by Gasteiger charge is 2.26. The van der Waals surface area contributed by atoms with Crippen LogP contribution in [0.25, 0.3) is 10.9 Å². The molecule has 162 valence electrons. The topological polar surface area (TPSA) is 126 Å². The SMILES string of the molecule is Cc1ccc2nc(C(=O)NC(C)C)nc(N[C@H]3CCCC[C@H]3N=C(N)CCO)c2c1. The first-order valence-corrected chi connectivity index (χ1v) is 10.7. The fourth-order valence-corrected chi connectivity index (χ4v) is 3.78. The van der Waals surface area contributed by atoms with Crippen LogP contribution >= 0.6 is 0 Å². The monoisotopic (exact) mass is 412 g/mol. The number of aliphatic hydroxyl groups excluding tert-OH is 1. The van der Waals surface area contributed by atoms with Crippen LogP contribution in [-0.4, -0.2) is 51.5 Å². The molecule has 30 heavy (non-hydrogen) atoms. The smallest absolute Gasteiger partial charge is 0.289 e. The van der Waals surface area contributed by atoms with E-state index in [9.17, 15) is 4.79 Å². The number of aliphatic imine (C=N–C) groups is 1. The number of benzene rings is 1. The minimum absolute atomic E-state index is 0.00205. The first-order valence-electron chi connectivity index (χ1n) is 10.7. The number of nitrogens with two attached hydrogens (primary N) is 1. The molecule has 1 saturated carbocycles. The molecule has 5 N–H and O–H groups in total. The summed E-state index contributed by atoms with van der Waals surface area (Å²) in [7, 11) is 0. The van der Waals surface area contributed by atoms with E-state index >= 15 is 0 Å². The van der Waals surface area contributed by atoms with Crippen molar-refractivity contribution in [3.05, 3.63) is 29.6 Å². The number of nitrogens with zero attached hydrogens (tertiary/aromatic N) is 3. The summed E-state index contributed by atoms with van der Waals surface area (Å²) in [5.74, 6) is 0.973. The molecular formula is C22H32N6O2. The summed E-state index contributed by atoms with van der Waals surface area (Å²) < 4.78 is 0. The van der Waals surface area contributed by atoms with Gasteiger partial charge in [0.2, 0.25) is 5.82 Å². The average molecular weight is 413 g/mol. The molecule has 2 atom stereocenters. The number of carbonyl (C=O) groups is 1. The molecule has 2 aromatic rings. The van der Waals surface area contributed by atoms with Crippen LogP contribution in [0.5, 0.6) is 0 Å². The standard InChI is InChI=1S/C22H32N6O2/c1-13(2)24-22(30)21-26-16-9-8-14(3)12-15(16)20(28-21)27-18-7-5-4-6-17(18)25-19(23)10-11-29/h8-9,12-13,17-18,29H,4-7,10-11H2,1-3H3,(H2,23,25)(H,24,30)(H,26,27,28)/t17-,18+/m1/s1. The number of aliphatic hydroxyl groups is 1. The number of anilines is 1. The van der Waals surface area contributed by atoms with Crippen LogP contribution in [0.1, 0.15) is 62.1 Å². The number of amides is 1. The van der Waals surface area contributed by atoms with Gasteiger partial charge < -0.3 is 21.5 Å². The molecular weight excluding hydrogens is 380 g/mol. The maximum absolute atomic E-state index is 12.6. The second-order valence-electron chi connectivity index (χ2n) is 8.24. The maximum Gasteiger partial charge on any atom is 0.289 e. The Labute approximate surface area is 177 Å². The fraction of sp³-hybridized carbons (Fsp3) is 0.545. The molecule has 0 radical (unpaired) electrons. The van der Waals surface area contributed by atoms with Crippen LogP contribution in [0.3, 0.4) is 0 Å². The van der Waals surface area contributed by atoms with Crippen LogP contribution in [-0.2, 0) is 0 Å². The van der Waals surface area contributed by atoms with E-state index in [1.807, 2.05) is 39.0 Å². The summed E-state index contributed by atoms with van der Waals surface area (Å²) in [6.45, 7) is 5.82. The van der Waals surface area contributed by atoms with Crippen molar-refractivity contribution in [2.24, 2.45) is 10.7 Å². The van der Waals surface area contributed by atoms with Gasteiger partial charge in [0.25, 0.3) is 5.91 Å². The molecule has 0 aliphatic heterocycles. The van der Waals surface area contributed by atoms with Gasteiger partial charge in [-0.2, -0.15) is 0 Å². The zero-order valence-corrected chi connectivity index (χ0v) is 18.0. The Hall–Kier alpha value is -2.74. The molecule has 8 nitrogen and oxygen atoms in total. The molecule has 1 fully saturated rings. The molecule has 0 saturated heterocycles. The highest BCUT2D eigenvalue weighted by atomic mass is 16.3. The third-order valence-electron chi connectivity index (χ3n) is 5.23. The van der Waals surface area contributed by atoms with E-state index in [4.69, 9.17) is 10.8 Å². The molecule has 1 amide bonds. The fourth-order valence-electron chi connectivity index (χ4n) is 3.78. The highest BCUT2D eigenvalue weighted by Crippen LogP contribution is 2.28. The Morgan fingerprint density at radius 2 is 2.07 bits per heavy atom. The van der Waals surface area contributed by atoms with Crippen molar-refractivity contribution < 1.29 is 9.90 Å². The Bertz CT molecular complexity index is 927. The molecule has 0 spiro atoms. The van der Waals surface area contributed by atoms with Gasteiger partial charge in [-0.05, 0) is 45.7 Å². The van der Waals surface area contributed by atoms with Crippen molar-refractivity contribution in [1.29, 1.82) is 0 Å². The lowest BCUT2D eigenvalue weighted by molar-refractivity contribution is 0.0933. The van der Waals surface area contributed by atoms with Crippen LogP contribution in [0.15, 0.2) is 23.2 Å². The van der Waals surface area contributed by atoms with E-state index in [0.29, 0.717) is 18.1 Å². The number of fused-ring (bicyclic) bond motifs is 1. The second-order valence-corrected chi connectivity index (χ2v) is 8.24. The Kier molecular flexibility index (Phi) is 7.20. The number of aryl methyl sites for hydroxylation is 1. The van der Waals surface area contributed by atoms with Crippen molar-refractivity contribution in [1.82, 2.24) is 15.3 Å². The lowest BCUT2D eigenvalue weighted by atomic mass is 9.90. The summed E-state index contributed by atoms with van der Waals surface area (Å²) in [6.07, 6.45) is 4.41. The predicted octanol–water partition coefficient (Wildman–Crippen LogP) is 2.54. The summed E-state index contributed by atoms with van der Waals surface area (Å²) >= 11 is 0. The first-order chi connectivity index (χ1) is 14.4. The number of carbonyl (C=O) groups excluding carboxylic acids is 1. The summed E-state index contributed by atoms with van der Waals surface area (Å²) in [5, 5.41) is 16.4. The molecule has 1 aliphatic carbocycles. The molecule has 3 rings (SSSR count). The molecule has 1 aliphatic rings. The molecule has 0 unspecified atom stereocenters. The summed E-state index contributed by atoms with van der Waals surface area (Å²) in [5.41, 5.74) is 7.80. The van der Waals surface area contributed by atoms with Gasteiger partial charge in [-0.15, -0.1) is 0 Å². The van der Waals surface area contributed by atoms with E-state index < -0.39 is 0 Å². The van der Waals surface area contributed by atoms with E-state index in [1.165, 1.54) is 0 Å². The number of hydrogen-bond acceptors (Lipinski definition) is 6. The number of aromatic nitrogens is 2. The maximum atomic E-state index is 12.6. The molecule has 1 aromatic heterocycles. The van der Waals surface area contributed by atoms with E-state index in [2.05, 4.69) is 25.6 Å². The van der Waals surface area contributed by atoms with Crippen LogP contribution in [0, 0.1) is 6.92 Å². The van der Waals surface area contributed by atoms with Gasteiger partial charge >= 0.3 is 0 Å². The van der Waals surface area contributed by atoms with Crippen molar-refractivity contribution in [2.75, 3.05) is 11.9 Å². The van der Waals surface area contributed by atoms with Crippen LogP contribution < -0.4 is 16.4 Å². The Balaban J connectivity index is 1.97. The van der Waals surface area contributed by atoms with Crippen LogP contribution in [0.2, 0.25) is 0 Å². The van der Waals surface area contributed by atoms with E-state index in [1.54, 1.807) is 0 Å². The quantitative estimate of drug-likeness (QED) is 0.409. The number of nitrogens with one attached hydrogen (secondary N) is 2. The Morgan fingerprint density at radius 3 is 2.80 bits per heavy atom. The molecule has 1 aromatic carbocycles. The van der Waals surface area contributed by atoms with Gasteiger partial charge in [-0.1, -0.05) is 24.5 Å². The minimum atomic E-state index is -0.291. The second kappa shape index (κ2) is 9.84. The Morgan fingerprint density at radius 1 is 1.30 bits per heavy atom. The zero-order valence-electron chi connectivity index (χ0n) is 18.0. The third-order valence-corrected chi connectivity index (χ3v) is 5.23. The number of amidine groups is 1. The molecule has 1 heterocycles. The molecule has 8 heteroatoms. The lowest BCUT2D eigenvalue weighted by Gasteiger charge is -2.30.